The molecule has 0 aliphatic carbocycles. The molecule has 2 radical (unpaired) electrons. The molecular weight excluding hydrogens is 1230 g/mol. The largest absolute Gasteiger partial charge is 0.507 e. The van der Waals surface area contributed by atoms with E-state index in [1.807, 2.05) is 109 Å². The Hall–Kier alpha value is -5.56. The molecule has 0 saturated heterocycles. The Morgan fingerprint density at radius 2 is 1.03 bits per heavy atom. The molecule has 1 unspecified atom stereocenters. The minimum atomic E-state index is 0. The van der Waals surface area contributed by atoms with Crippen LogP contribution in [0.25, 0.3) is 44.8 Å². The second kappa shape index (κ2) is 35.5. The van der Waals surface area contributed by atoms with Crippen molar-refractivity contribution in [3.05, 3.63) is 175 Å². The van der Waals surface area contributed by atoms with Crippen LogP contribution in [0, 0.1) is 18.1 Å². The SMILES string of the molecule is CCCCCCN=Cc1cc(-c2ccc(-c3ccc(O)c(C=NCCCCCC)c3)c(OCC(CC)CCCC)c2)ccc1O.[Ir].[Ir].[c-]1ccccc1-c1ccccn1.[c-]1ccccc1-c1ccccn1. The Bertz CT molecular complexity index is 2390. The normalized spacial score (nSPS) is 11.1. The van der Waals surface area contributed by atoms with Crippen LogP contribution in [-0.4, -0.2) is 52.3 Å². The van der Waals surface area contributed by atoms with E-state index in [1.54, 1.807) is 37.0 Å². The van der Waals surface area contributed by atoms with Crippen molar-refractivity contribution in [3.8, 4) is 62.0 Å². The summed E-state index contributed by atoms with van der Waals surface area (Å²) in [5, 5.41) is 21.1. The average Bonchev–Trinajstić information content (AvgIpc) is 3.41. The van der Waals surface area contributed by atoms with Gasteiger partial charge in [-0.15, -0.1) is 71.8 Å². The van der Waals surface area contributed by atoms with Crippen molar-refractivity contribution in [2.45, 2.75) is 105 Å². The summed E-state index contributed by atoms with van der Waals surface area (Å²) in [5.74, 6) is 1.76. The fourth-order valence-corrected chi connectivity index (χ4v) is 7.56. The summed E-state index contributed by atoms with van der Waals surface area (Å²) in [7, 11) is 0. The quantitative estimate of drug-likeness (QED) is 0.0378. The van der Waals surface area contributed by atoms with Crippen LogP contribution in [0.5, 0.6) is 17.2 Å². The number of unbranched alkanes of at least 4 members (excludes halogenated alkanes) is 7. The summed E-state index contributed by atoms with van der Waals surface area (Å²) in [6.07, 6.45) is 21.1. The van der Waals surface area contributed by atoms with E-state index in [9.17, 15) is 10.2 Å². The molecule has 0 aliphatic heterocycles. The van der Waals surface area contributed by atoms with Gasteiger partial charge in [0.2, 0.25) is 0 Å². The van der Waals surface area contributed by atoms with Gasteiger partial charge in [0.05, 0.1) is 6.61 Å². The molecule has 0 spiro atoms. The predicted octanol–water partition coefficient (Wildman–Crippen LogP) is 16.1. The molecule has 2 aromatic heterocycles. The molecule has 0 saturated carbocycles. The fraction of sp³-hybridized carbons (Fsp3) is 0.323. The monoisotopic (exact) mass is 1310 g/mol. The predicted molar refractivity (Wildman–Crippen MR) is 290 cm³/mol. The third-order valence-corrected chi connectivity index (χ3v) is 11.7. The number of ether oxygens (including phenoxy) is 1. The third-order valence-electron chi connectivity index (χ3n) is 11.7. The van der Waals surface area contributed by atoms with Crippen LogP contribution in [0.1, 0.15) is 116 Å². The van der Waals surface area contributed by atoms with Gasteiger partial charge in [0.15, 0.2) is 0 Å². The van der Waals surface area contributed by atoms with Crippen LogP contribution in [0.4, 0.5) is 0 Å². The van der Waals surface area contributed by atoms with Crippen molar-refractivity contribution in [2.75, 3.05) is 19.7 Å². The van der Waals surface area contributed by atoms with Gasteiger partial charge in [-0.3, -0.25) is 9.98 Å². The van der Waals surface area contributed by atoms with Crippen LogP contribution in [0.3, 0.4) is 0 Å². The maximum atomic E-state index is 10.6. The minimum Gasteiger partial charge on any atom is -0.507 e. The first-order chi connectivity index (χ1) is 33.9. The maximum Gasteiger partial charge on any atom is 0.127 e. The number of phenols is 2. The van der Waals surface area contributed by atoms with Crippen LogP contribution >= 0.6 is 0 Å². The van der Waals surface area contributed by atoms with Crippen molar-refractivity contribution in [2.24, 2.45) is 15.9 Å². The molecule has 7 rings (SSSR count). The second-order valence-corrected chi connectivity index (χ2v) is 17.2. The Kier molecular flexibility index (Phi) is 29.9. The summed E-state index contributed by atoms with van der Waals surface area (Å²) in [6.45, 7) is 11.1. The summed E-state index contributed by atoms with van der Waals surface area (Å²) in [5.41, 5.74) is 9.42. The smallest absolute Gasteiger partial charge is 0.127 e. The van der Waals surface area contributed by atoms with Gasteiger partial charge in [0, 0.05) is 94.8 Å². The number of aromatic nitrogens is 2. The molecule has 1 atom stereocenters. The standard InChI is InChI=1S/C40H56N2O3.2C11H8N.2Ir/c1-5-9-12-14-23-41-28-35-25-32(18-21-38(35)43)33-17-20-37(40(27-33)45-30-31(8-4)16-11-7-3)34-19-22-39(44)36(26-34)29-42-24-15-13-10-6-2;2*1-2-6-10(7-3-1)11-8-4-5-9-12-11;;/h17-22,25-29,31,43-44H,5-16,23-24,30H2,1-4H3;2*1-6,8-9H;;/q;2*-1;;. The van der Waals surface area contributed by atoms with E-state index in [4.69, 9.17) is 4.74 Å². The number of pyridine rings is 2. The molecule has 2 heterocycles. The molecule has 2 N–H and O–H groups in total. The van der Waals surface area contributed by atoms with Gasteiger partial charge in [0.25, 0.3) is 0 Å². The topological polar surface area (TPSA) is 100 Å². The molecule has 0 aliphatic rings. The molecule has 7 aromatic rings. The Morgan fingerprint density at radius 3 is 1.51 bits per heavy atom. The molecule has 0 bridgehead atoms. The Labute approximate surface area is 452 Å². The first kappa shape index (κ1) is 59.7. The molecule has 0 amide bonds. The van der Waals surface area contributed by atoms with E-state index in [1.165, 1.54) is 51.4 Å². The first-order valence-electron chi connectivity index (χ1n) is 25.1. The third kappa shape index (κ3) is 21.4. The first-order valence-corrected chi connectivity index (χ1v) is 25.1. The van der Waals surface area contributed by atoms with Gasteiger partial charge in [-0.25, -0.2) is 0 Å². The molecule has 5 aromatic carbocycles. The van der Waals surface area contributed by atoms with Gasteiger partial charge < -0.3 is 24.9 Å². The van der Waals surface area contributed by atoms with E-state index in [2.05, 4.69) is 78.0 Å². The number of phenolic OH excluding ortho intramolecular Hbond substituents is 2. The fourth-order valence-electron chi connectivity index (χ4n) is 7.56. The zero-order valence-electron chi connectivity index (χ0n) is 42.0. The van der Waals surface area contributed by atoms with E-state index >= 15 is 0 Å². The van der Waals surface area contributed by atoms with Crippen molar-refractivity contribution >= 4 is 12.4 Å². The maximum absolute atomic E-state index is 10.6. The summed E-state index contributed by atoms with van der Waals surface area (Å²) >= 11 is 0. The second-order valence-electron chi connectivity index (χ2n) is 17.2. The number of rotatable bonds is 23. The van der Waals surface area contributed by atoms with Crippen LogP contribution in [0.2, 0.25) is 0 Å². The van der Waals surface area contributed by atoms with Gasteiger partial charge in [-0.2, -0.15) is 0 Å². The molecular formula is C62H72Ir2N4O3-2. The van der Waals surface area contributed by atoms with Crippen LogP contribution in [-0.2, 0) is 40.2 Å². The van der Waals surface area contributed by atoms with Crippen LogP contribution in [0.15, 0.2) is 162 Å². The number of aliphatic imine (C=N–C) groups is 2. The number of benzene rings is 5. The van der Waals surface area contributed by atoms with E-state index < -0.39 is 0 Å². The van der Waals surface area contributed by atoms with Gasteiger partial charge in [-0.1, -0.05) is 134 Å². The van der Waals surface area contributed by atoms with Crippen molar-refractivity contribution in [1.29, 1.82) is 0 Å². The average molecular weight is 1310 g/mol. The van der Waals surface area contributed by atoms with Crippen molar-refractivity contribution in [3.63, 3.8) is 0 Å². The Morgan fingerprint density at radius 1 is 0.535 bits per heavy atom. The summed E-state index contributed by atoms with van der Waals surface area (Å²) in [6, 6.07) is 51.3. The number of hydrogen-bond donors (Lipinski definition) is 2. The zero-order valence-corrected chi connectivity index (χ0v) is 46.8. The van der Waals surface area contributed by atoms with E-state index in [0.29, 0.717) is 18.1 Å². The molecule has 7 nitrogen and oxygen atoms in total. The molecule has 71 heavy (non-hydrogen) atoms. The summed E-state index contributed by atoms with van der Waals surface area (Å²) in [4.78, 5) is 17.6. The molecule has 378 valence electrons. The van der Waals surface area contributed by atoms with Gasteiger partial charge in [0.1, 0.15) is 17.2 Å². The number of nitrogens with zero attached hydrogens (tertiary/aromatic N) is 4. The van der Waals surface area contributed by atoms with E-state index in [-0.39, 0.29) is 51.7 Å². The van der Waals surface area contributed by atoms with Crippen molar-refractivity contribution < 1.29 is 55.2 Å². The summed E-state index contributed by atoms with van der Waals surface area (Å²) < 4.78 is 6.60. The molecule has 9 heteroatoms. The van der Waals surface area contributed by atoms with Crippen LogP contribution < -0.4 is 4.74 Å². The number of aromatic hydroxyl groups is 2. The van der Waals surface area contributed by atoms with Crippen molar-refractivity contribution in [1.82, 2.24) is 9.97 Å². The number of hydrogen-bond acceptors (Lipinski definition) is 7. The van der Waals surface area contributed by atoms with Gasteiger partial charge >= 0.3 is 0 Å². The Balaban J connectivity index is 0.000000410. The zero-order chi connectivity index (χ0) is 48.7. The van der Waals surface area contributed by atoms with Gasteiger partial charge in [-0.05, 0) is 95.7 Å². The van der Waals surface area contributed by atoms with E-state index in [0.717, 1.165) is 94.9 Å². The minimum absolute atomic E-state index is 0. The molecule has 0 fully saturated rings.